The lowest BCUT2D eigenvalue weighted by molar-refractivity contribution is -0.137. The smallest absolute Gasteiger partial charge is 0.416 e. The van der Waals surface area contributed by atoms with Crippen LogP contribution in [0.25, 0.3) is 0 Å². The summed E-state index contributed by atoms with van der Waals surface area (Å²) in [5, 5.41) is 8.92. The molecule has 0 aliphatic rings. The van der Waals surface area contributed by atoms with Crippen molar-refractivity contribution in [3.8, 4) is 5.75 Å². The van der Waals surface area contributed by atoms with Crippen molar-refractivity contribution in [1.29, 1.82) is 0 Å². The van der Waals surface area contributed by atoms with Crippen LogP contribution in [0.3, 0.4) is 0 Å². The zero-order chi connectivity index (χ0) is 21.7. The normalized spacial score (nSPS) is 12.3. The first kappa shape index (κ1) is 23.2. The van der Waals surface area contributed by atoms with Crippen molar-refractivity contribution in [3.05, 3.63) is 51.7 Å². The van der Waals surface area contributed by atoms with E-state index in [1.165, 1.54) is 22.5 Å². The Labute approximate surface area is 170 Å². The lowest BCUT2D eigenvalue weighted by Crippen LogP contribution is -2.34. The lowest BCUT2D eigenvalue weighted by atomic mass is 10.2. The molecule has 2 aromatic rings. The molecule has 29 heavy (non-hydrogen) atoms. The number of alkyl halides is 3. The van der Waals surface area contributed by atoms with Crippen LogP contribution in [0.5, 0.6) is 5.75 Å². The first-order valence-corrected chi connectivity index (χ1v) is 11.2. The largest absolute Gasteiger partial charge is 0.492 e. The first-order chi connectivity index (χ1) is 13.5. The Balaban J connectivity index is 1.88. The number of aryl methyl sites for hydroxylation is 1. The number of hydrogen-bond donors (Lipinski definition) is 1. The predicted octanol–water partition coefficient (Wildman–Crippen LogP) is 3.74. The maximum atomic E-state index is 12.7. The molecule has 1 aromatic carbocycles. The molecule has 1 N–H and O–H groups in total. The molecular formula is C18H20F3NO5S2. The Morgan fingerprint density at radius 2 is 1.93 bits per heavy atom. The molecule has 1 heterocycles. The fraction of sp³-hybridized carbons (Fsp3) is 0.389. The number of halogens is 3. The Morgan fingerprint density at radius 1 is 1.21 bits per heavy atom. The molecule has 0 amide bonds. The molecule has 2 rings (SSSR count). The minimum absolute atomic E-state index is 0.00746. The van der Waals surface area contributed by atoms with Gasteiger partial charge < -0.3 is 9.84 Å². The summed E-state index contributed by atoms with van der Waals surface area (Å²) in [5.74, 6) is -1.00. The number of sulfonamides is 1. The van der Waals surface area contributed by atoms with E-state index >= 15 is 0 Å². The predicted molar refractivity (Wildman–Crippen MR) is 103 cm³/mol. The molecule has 0 bridgehead atoms. The number of rotatable bonds is 10. The molecule has 0 spiro atoms. The average molecular weight is 451 g/mol. The second kappa shape index (κ2) is 9.59. The van der Waals surface area contributed by atoms with Crippen LogP contribution < -0.4 is 4.74 Å². The molecule has 0 saturated heterocycles. The van der Waals surface area contributed by atoms with Crippen molar-refractivity contribution < 1.29 is 36.2 Å². The van der Waals surface area contributed by atoms with Gasteiger partial charge in [0.25, 0.3) is 0 Å². The Morgan fingerprint density at radius 3 is 2.52 bits per heavy atom. The van der Waals surface area contributed by atoms with E-state index < -0.39 is 27.7 Å². The van der Waals surface area contributed by atoms with Gasteiger partial charge in [-0.1, -0.05) is 6.07 Å². The highest BCUT2D eigenvalue weighted by Gasteiger charge is 2.30. The summed E-state index contributed by atoms with van der Waals surface area (Å²) in [5.41, 5.74) is -0.841. The van der Waals surface area contributed by atoms with Gasteiger partial charge in [0, 0.05) is 18.0 Å². The van der Waals surface area contributed by atoms with Crippen LogP contribution in [-0.4, -0.2) is 49.8 Å². The van der Waals surface area contributed by atoms with Crippen LogP contribution in [0.1, 0.15) is 26.5 Å². The summed E-state index contributed by atoms with van der Waals surface area (Å²) in [7, 11) is -3.53. The van der Waals surface area contributed by atoms with Crippen molar-refractivity contribution in [3.63, 3.8) is 0 Å². The number of thiophene rings is 1. The molecule has 1 aromatic heterocycles. The van der Waals surface area contributed by atoms with Crippen LogP contribution in [0.4, 0.5) is 13.2 Å². The third kappa shape index (κ3) is 7.33. The molecule has 0 atom stereocenters. The van der Waals surface area contributed by atoms with Crippen LogP contribution in [0.15, 0.2) is 36.4 Å². The third-order valence-corrected chi connectivity index (χ3v) is 6.38. The quantitative estimate of drug-likeness (QED) is 0.595. The lowest BCUT2D eigenvalue weighted by Gasteiger charge is -2.20. The van der Waals surface area contributed by atoms with E-state index in [9.17, 15) is 26.4 Å². The van der Waals surface area contributed by atoms with E-state index in [-0.39, 0.29) is 30.3 Å². The summed E-state index contributed by atoms with van der Waals surface area (Å²) in [4.78, 5) is 11.9. The van der Waals surface area contributed by atoms with Crippen LogP contribution in [0, 0.1) is 0 Å². The summed E-state index contributed by atoms with van der Waals surface area (Å²) >= 11 is 1.13. The van der Waals surface area contributed by atoms with Gasteiger partial charge in [-0.05, 0) is 43.2 Å². The van der Waals surface area contributed by atoms with Gasteiger partial charge in [0.05, 0.1) is 11.8 Å². The Bertz CT molecular complexity index is 941. The number of ether oxygens (including phenoxy) is 1. The van der Waals surface area contributed by atoms with Gasteiger partial charge in [-0.25, -0.2) is 13.2 Å². The molecule has 0 aliphatic carbocycles. The summed E-state index contributed by atoms with van der Waals surface area (Å²) in [6, 6.07) is 7.57. The van der Waals surface area contributed by atoms with Crippen LogP contribution >= 0.6 is 11.3 Å². The molecular weight excluding hydrogens is 431 g/mol. The van der Waals surface area contributed by atoms with Gasteiger partial charge in [0.15, 0.2) is 0 Å². The van der Waals surface area contributed by atoms with Gasteiger partial charge in [-0.3, -0.25) is 0 Å². The number of carboxylic acids is 1. The second-order valence-corrected chi connectivity index (χ2v) is 9.36. The van der Waals surface area contributed by atoms with E-state index in [1.54, 1.807) is 6.07 Å². The van der Waals surface area contributed by atoms with Gasteiger partial charge in [-0.15, -0.1) is 11.3 Å². The number of carboxylic acid groups (broad SMARTS) is 1. The molecule has 0 fully saturated rings. The highest BCUT2D eigenvalue weighted by molar-refractivity contribution is 7.88. The molecule has 0 radical (unpaired) electrons. The summed E-state index contributed by atoms with van der Waals surface area (Å²) < 4.78 is 68.5. The maximum absolute atomic E-state index is 12.7. The fourth-order valence-corrected chi connectivity index (χ4v) is 4.28. The maximum Gasteiger partial charge on any atom is 0.416 e. The fourth-order valence-electron chi connectivity index (χ4n) is 2.53. The van der Waals surface area contributed by atoms with Gasteiger partial charge in [-0.2, -0.15) is 17.5 Å². The van der Waals surface area contributed by atoms with Crippen LogP contribution in [-0.2, 0) is 22.6 Å². The zero-order valence-electron chi connectivity index (χ0n) is 15.5. The van der Waals surface area contributed by atoms with Gasteiger partial charge >= 0.3 is 12.1 Å². The van der Waals surface area contributed by atoms with Gasteiger partial charge in [0.1, 0.15) is 17.2 Å². The van der Waals surface area contributed by atoms with Crippen molar-refractivity contribution in [2.45, 2.75) is 19.0 Å². The minimum atomic E-state index is -4.49. The number of benzene rings is 1. The molecule has 0 unspecified atom stereocenters. The molecule has 0 aliphatic heterocycles. The first-order valence-electron chi connectivity index (χ1n) is 8.54. The van der Waals surface area contributed by atoms with E-state index in [0.29, 0.717) is 12.8 Å². The van der Waals surface area contributed by atoms with E-state index in [2.05, 4.69) is 0 Å². The van der Waals surface area contributed by atoms with Gasteiger partial charge in [0.2, 0.25) is 10.0 Å². The van der Waals surface area contributed by atoms with Crippen molar-refractivity contribution in [2.24, 2.45) is 0 Å². The molecule has 6 nitrogen and oxygen atoms in total. The highest BCUT2D eigenvalue weighted by atomic mass is 32.2. The van der Waals surface area contributed by atoms with E-state index in [0.717, 1.165) is 34.6 Å². The van der Waals surface area contributed by atoms with E-state index in [4.69, 9.17) is 9.84 Å². The Kier molecular flexibility index (Phi) is 7.66. The monoisotopic (exact) mass is 451 g/mol. The van der Waals surface area contributed by atoms with Crippen molar-refractivity contribution in [1.82, 2.24) is 4.31 Å². The second-order valence-electron chi connectivity index (χ2n) is 6.21. The number of carbonyl (C=O) groups is 1. The topological polar surface area (TPSA) is 83.9 Å². The minimum Gasteiger partial charge on any atom is -0.492 e. The average Bonchev–Trinajstić information content (AvgIpc) is 3.08. The number of nitrogens with zero attached hydrogens (tertiary/aromatic N) is 1. The highest BCUT2D eigenvalue weighted by Crippen LogP contribution is 2.31. The third-order valence-electron chi connectivity index (χ3n) is 3.94. The summed E-state index contributed by atoms with van der Waals surface area (Å²) in [6.07, 6.45) is -2.46. The number of hydrogen-bond acceptors (Lipinski definition) is 5. The molecule has 160 valence electrons. The Hall–Kier alpha value is -2.11. The standard InChI is InChI=1S/C18H20F3NO5S2/c1-29(25,26)22(9-3-6-15-7-8-16(28-15)17(23)24)10-11-27-14-5-2-4-13(12-14)18(19,20)21/h2,4-5,7-8,12H,3,6,9-11H2,1H3,(H,23,24). The zero-order valence-corrected chi connectivity index (χ0v) is 17.1. The SMILES string of the molecule is CS(=O)(=O)N(CCCc1ccc(C(=O)O)s1)CCOc1cccc(C(F)(F)F)c1. The van der Waals surface area contributed by atoms with E-state index in [1.807, 2.05) is 0 Å². The van der Waals surface area contributed by atoms with Crippen LogP contribution in [0.2, 0.25) is 0 Å². The molecule has 0 saturated carbocycles. The molecule has 11 heteroatoms. The van der Waals surface area contributed by atoms with Crippen molar-refractivity contribution >= 4 is 27.3 Å². The number of aromatic carboxylic acids is 1. The van der Waals surface area contributed by atoms with Crippen molar-refractivity contribution in [2.75, 3.05) is 26.0 Å². The summed E-state index contributed by atoms with van der Waals surface area (Å²) in [6.45, 7) is 0.0710.